The Balaban J connectivity index is 1.62. The van der Waals surface area contributed by atoms with Crippen molar-refractivity contribution in [1.29, 1.82) is 0 Å². The number of amides is 1. The fourth-order valence-electron chi connectivity index (χ4n) is 4.32. The second-order valence-corrected chi connectivity index (χ2v) is 6.89. The Hall–Kier alpha value is -2.44. The summed E-state index contributed by atoms with van der Waals surface area (Å²) < 4.78 is 6.91. The summed E-state index contributed by atoms with van der Waals surface area (Å²) in [5.41, 5.74) is 1.34. The molecule has 2 aromatic rings. The first-order chi connectivity index (χ1) is 12.3. The fourth-order valence-corrected chi connectivity index (χ4v) is 4.32. The van der Waals surface area contributed by atoms with Crippen LogP contribution in [0.3, 0.4) is 0 Å². The molecule has 25 heavy (non-hydrogen) atoms. The minimum absolute atomic E-state index is 0.103. The van der Waals surface area contributed by atoms with E-state index in [4.69, 9.17) is 4.74 Å². The monoisotopic (exact) mass is 341 g/mol. The molecule has 2 aliphatic rings. The Labute approximate surface area is 147 Å². The molecule has 0 spiro atoms. The molecule has 2 fully saturated rings. The van der Waals surface area contributed by atoms with E-state index in [0.717, 1.165) is 19.4 Å². The first-order valence-electron chi connectivity index (χ1n) is 9.00. The van der Waals surface area contributed by atoms with E-state index in [9.17, 15) is 4.79 Å². The highest BCUT2D eigenvalue weighted by Gasteiger charge is 2.36. The molecule has 1 aliphatic carbocycles. The Morgan fingerprint density at radius 1 is 1.20 bits per heavy atom. The molecule has 1 aromatic carbocycles. The van der Waals surface area contributed by atoms with E-state index in [-0.39, 0.29) is 5.91 Å². The van der Waals surface area contributed by atoms with Gasteiger partial charge in [0.15, 0.2) is 0 Å². The van der Waals surface area contributed by atoms with E-state index in [1.165, 1.54) is 36.7 Å². The third-order valence-corrected chi connectivity index (χ3v) is 5.53. The zero-order valence-electron chi connectivity index (χ0n) is 14.5. The predicted molar refractivity (Wildman–Crippen MR) is 91.7 cm³/mol. The average Bonchev–Trinajstić information content (AvgIpc) is 3.42. The van der Waals surface area contributed by atoms with Crippen LogP contribution in [-0.4, -0.2) is 50.7 Å². The molecule has 1 aliphatic heterocycles. The maximum Gasteiger partial charge on any atom is 0.254 e. The topological polar surface area (TPSA) is 73.1 Å². The minimum atomic E-state index is 0.103. The number of benzene rings is 1. The number of hydrogen-bond acceptors (Lipinski definition) is 5. The molecule has 7 nitrogen and oxygen atoms in total. The first kappa shape index (κ1) is 16.1. The van der Waals surface area contributed by atoms with Crippen LogP contribution in [-0.2, 0) is 0 Å². The predicted octanol–water partition coefficient (Wildman–Crippen LogP) is 2.47. The number of hydrogen-bond donors (Lipinski definition) is 0. The van der Waals surface area contributed by atoms with Crippen LogP contribution in [0.2, 0.25) is 0 Å². The van der Waals surface area contributed by atoms with Crippen molar-refractivity contribution < 1.29 is 9.53 Å². The van der Waals surface area contributed by atoms with Crippen LogP contribution in [0, 0.1) is 5.92 Å². The second-order valence-electron chi connectivity index (χ2n) is 6.89. The van der Waals surface area contributed by atoms with Gasteiger partial charge < -0.3 is 9.64 Å². The zero-order chi connectivity index (χ0) is 17.2. The standard InChI is InChI=1S/C18H23N5O2/c1-25-17-9-8-14(11-16(17)23-12-19-20-21-23)18(24)22-10-4-7-15(22)13-5-2-3-6-13/h8-9,11-13,15H,2-7,10H2,1H3/t15-/m0/s1. The van der Waals surface area contributed by atoms with Gasteiger partial charge in [-0.15, -0.1) is 5.10 Å². The Morgan fingerprint density at radius 3 is 2.76 bits per heavy atom. The SMILES string of the molecule is COc1ccc(C(=O)N2CCC[C@H]2C2CCCC2)cc1-n1cnnn1. The lowest BCUT2D eigenvalue weighted by molar-refractivity contribution is 0.0689. The molecular formula is C18H23N5O2. The third kappa shape index (κ3) is 2.99. The van der Waals surface area contributed by atoms with Gasteiger partial charge in [-0.1, -0.05) is 12.8 Å². The van der Waals surface area contributed by atoms with Gasteiger partial charge in [0.2, 0.25) is 0 Å². The Kier molecular flexibility index (Phi) is 4.38. The van der Waals surface area contributed by atoms with Crippen molar-refractivity contribution in [2.45, 2.75) is 44.6 Å². The summed E-state index contributed by atoms with van der Waals surface area (Å²) in [5.74, 6) is 1.41. The molecule has 2 heterocycles. The normalized spacial score (nSPS) is 21.0. The maximum atomic E-state index is 13.2. The van der Waals surface area contributed by atoms with Gasteiger partial charge in [0.1, 0.15) is 17.8 Å². The highest BCUT2D eigenvalue weighted by molar-refractivity contribution is 5.95. The van der Waals surface area contributed by atoms with Crippen molar-refractivity contribution >= 4 is 5.91 Å². The second kappa shape index (κ2) is 6.82. The highest BCUT2D eigenvalue weighted by atomic mass is 16.5. The summed E-state index contributed by atoms with van der Waals surface area (Å²) in [6, 6.07) is 5.86. The van der Waals surface area contributed by atoms with Crippen molar-refractivity contribution in [1.82, 2.24) is 25.1 Å². The summed E-state index contributed by atoms with van der Waals surface area (Å²) in [6.07, 6.45) is 8.85. The smallest absolute Gasteiger partial charge is 0.254 e. The number of carbonyl (C=O) groups is 1. The number of rotatable bonds is 4. The summed E-state index contributed by atoms with van der Waals surface area (Å²) in [5, 5.41) is 11.3. The van der Waals surface area contributed by atoms with Crippen molar-refractivity contribution in [3.8, 4) is 11.4 Å². The van der Waals surface area contributed by atoms with Crippen molar-refractivity contribution in [2.75, 3.05) is 13.7 Å². The zero-order valence-corrected chi connectivity index (χ0v) is 14.5. The lowest BCUT2D eigenvalue weighted by Crippen LogP contribution is -2.39. The van der Waals surface area contributed by atoms with E-state index in [1.54, 1.807) is 7.11 Å². The number of ether oxygens (including phenoxy) is 1. The molecule has 0 bridgehead atoms. The van der Waals surface area contributed by atoms with Gasteiger partial charge in [-0.3, -0.25) is 4.79 Å². The molecule has 0 unspecified atom stereocenters. The van der Waals surface area contributed by atoms with E-state index in [1.807, 2.05) is 18.2 Å². The van der Waals surface area contributed by atoms with E-state index < -0.39 is 0 Å². The van der Waals surface area contributed by atoms with Crippen molar-refractivity contribution in [2.24, 2.45) is 5.92 Å². The Bertz CT molecular complexity index is 740. The summed E-state index contributed by atoms with van der Waals surface area (Å²) in [6.45, 7) is 0.853. The first-order valence-corrected chi connectivity index (χ1v) is 9.00. The van der Waals surface area contributed by atoms with E-state index in [2.05, 4.69) is 20.4 Å². The highest BCUT2D eigenvalue weighted by Crippen LogP contribution is 2.36. The minimum Gasteiger partial charge on any atom is -0.494 e. The number of methoxy groups -OCH3 is 1. The average molecular weight is 341 g/mol. The number of tetrazole rings is 1. The van der Waals surface area contributed by atoms with E-state index >= 15 is 0 Å². The number of carbonyl (C=O) groups excluding carboxylic acids is 1. The van der Waals surface area contributed by atoms with E-state index in [0.29, 0.717) is 29.0 Å². The molecule has 1 amide bonds. The van der Waals surface area contributed by atoms with Gasteiger partial charge in [-0.05, 0) is 60.2 Å². The number of likely N-dealkylation sites (tertiary alicyclic amines) is 1. The van der Waals surface area contributed by atoms with Crippen LogP contribution in [0.5, 0.6) is 5.75 Å². The molecule has 1 atom stereocenters. The van der Waals surface area contributed by atoms with Gasteiger partial charge in [0.05, 0.1) is 7.11 Å². The van der Waals surface area contributed by atoms with Gasteiger partial charge in [-0.25, -0.2) is 0 Å². The van der Waals surface area contributed by atoms with Gasteiger partial charge in [0, 0.05) is 18.2 Å². The maximum absolute atomic E-state index is 13.2. The lowest BCUT2D eigenvalue weighted by atomic mass is 9.95. The summed E-state index contributed by atoms with van der Waals surface area (Å²) in [7, 11) is 1.60. The van der Waals surface area contributed by atoms with Gasteiger partial charge >= 0.3 is 0 Å². The molecule has 1 saturated heterocycles. The molecule has 0 radical (unpaired) electrons. The van der Waals surface area contributed by atoms with Gasteiger partial charge in [-0.2, -0.15) is 4.68 Å². The molecule has 1 saturated carbocycles. The van der Waals surface area contributed by atoms with Crippen LogP contribution in [0.4, 0.5) is 0 Å². The van der Waals surface area contributed by atoms with Crippen molar-refractivity contribution in [3.63, 3.8) is 0 Å². The van der Waals surface area contributed by atoms with Crippen LogP contribution in [0.25, 0.3) is 5.69 Å². The number of aromatic nitrogens is 4. The quantitative estimate of drug-likeness (QED) is 0.854. The Morgan fingerprint density at radius 2 is 2.04 bits per heavy atom. The third-order valence-electron chi connectivity index (χ3n) is 5.53. The van der Waals surface area contributed by atoms with Crippen LogP contribution in [0.15, 0.2) is 24.5 Å². The summed E-state index contributed by atoms with van der Waals surface area (Å²) in [4.78, 5) is 15.2. The lowest BCUT2D eigenvalue weighted by Gasteiger charge is -2.29. The van der Waals surface area contributed by atoms with Gasteiger partial charge in [0.25, 0.3) is 5.91 Å². The molecular weight excluding hydrogens is 318 g/mol. The van der Waals surface area contributed by atoms with Crippen LogP contribution < -0.4 is 4.74 Å². The van der Waals surface area contributed by atoms with Crippen LogP contribution in [0.1, 0.15) is 48.9 Å². The fraction of sp³-hybridized carbons (Fsp3) is 0.556. The largest absolute Gasteiger partial charge is 0.494 e. The van der Waals surface area contributed by atoms with Crippen LogP contribution >= 0.6 is 0 Å². The molecule has 132 valence electrons. The van der Waals surface area contributed by atoms with Crippen molar-refractivity contribution in [3.05, 3.63) is 30.1 Å². The molecule has 0 N–H and O–H groups in total. The molecule has 4 rings (SSSR count). The molecule has 1 aromatic heterocycles. The summed E-state index contributed by atoms with van der Waals surface area (Å²) >= 11 is 0. The number of nitrogens with zero attached hydrogens (tertiary/aromatic N) is 5. The molecule has 7 heteroatoms.